The summed E-state index contributed by atoms with van der Waals surface area (Å²) in [6, 6.07) is 18.5. The highest BCUT2D eigenvalue weighted by molar-refractivity contribution is 7.18. The lowest BCUT2D eigenvalue weighted by Crippen LogP contribution is -2.34. The minimum Gasteiger partial charge on any atom is -0.490 e. The maximum absolute atomic E-state index is 12.3. The second kappa shape index (κ2) is 9.52. The van der Waals surface area contributed by atoms with E-state index < -0.39 is 5.60 Å². The molecular formula is C28H30N2O3S. The van der Waals surface area contributed by atoms with Crippen molar-refractivity contribution < 1.29 is 14.3 Å². The maximum Gasteiger partial charge on any atom is 0.408 e. The SMILES string of the molecule is CC(C)Oc1ccc(-c2ccc(-c3cccc4c3CC[C@H]4NC(=O)OC(C)(C)C)s2)cc1C#N. The quantitative estimate of drug-likeness (QED) is 0.423. The number of carbonyl (C=O) groups excluding carboxylic acids is 1. The van der Waals surface area contributed by atoms with Gasteiger partial charge in [-0.1, -0.05) is 18.2 Å². The summed E-state index contributed by atoms with van der Waals surface area (Å²) in [5.74, 6) is 0.613. The fraction of sp³-hybridized carbons (Fsp3) is 0.357. The molecular weight excluding hydrogens is 444 g/mol. The van der Waals surface area contributed by atoms with E-state index in [4.69, 9.17) is 9.47 Å². The summed E-state index contributed by atoms with van der Waals surface area (Å²) in [5.41, 5.74) is 4.64. The molecule has 0 unspecified atom stereocenters. The lowest BCUT2D eigenvalue weighted by atomic mass is 10.0. The van der Waals surface area contributed by atoms with E-state index >= 15 is 0 Å². The highest BCUT2D eigenvalue weighted by atomic mass is 32.1. The Bertz CT molecular complexity index is 1250. The molecule has 1 aliphatic carbocycles. The van der Waals surface area contributed by atoms with Crippen molar-refractivity contribution in [1.82, 2.24) is 5.32 Å². The van der Waals surface area contributed by atoms with Crippen LogP contribution in [0.3, 0.4) is 0 Å². The van der Waals surface area contributed by atoms with Crippen molar-refractivity contribution in [3.05, 3.63) is 65.2 Å². The number of hydrogen-bond acceptors (Lipinski definition) is 5. The Morgan fingerprint density at radius 1 is 1.15 bits per heavy atom. The highest BCUT2D eigenvalue weighted by Gasteiger charge is 2.28. The molecule has 0 saturated heterocycles. The number of alkyl carbamates (subject to hydrolysis) is 1. The van der Waals surface area contributed by atoms with Crippen LogP contribution in [0.15, 0.2) is 48.5 Å². The first-order valence-corrected chi connectivity index (χ1v) is 12.4. The van der Waals surface area contributed by atoms with Gasteiger partial charge in [0.1, 0.15) is 17.4 Å². The molecule has 6 heteroatoms. The molecule has 3 aromatic rings. The van der Waals surface area contributed by atoms with E-state index in [9.17, 15) is 10.1 Å². The van der Waals surface area contributed by atoms with Crippen LogP contribution in [0.2, 0.25) is 0 Å². The third-order valence-electron chi connectivity index (χ3n) is 5.58. The van der Waals surface area contributed by atoms with Crippen LogP contribution in [-0.2, 0) is 11.2 Å². The Morgan fingerprint density at radius 3 is 2.62 bits per heavy atom. The van der Waals surface area contributed by atoms with Crippen LogP contribution in [0.4, 0.5) is 4.79 Å². The zero-order valence-electron chi connectivity index (χ0n) is 20.3. The molecule has 0 spiro atoms. The molecule has 1 amide bonds. The number of thiophene rings is 1. The van der Waals surface area contributed by atoms with Gasteiger partial charge in [-0.3, -0.25) is 0 Å². The zero-order chi connectivity index (χ0) is 24.5. The first kappa shape index (κ1) is 23.8. The van der Waals surface area contributed by atoms with Gasteiger partial charge in [-0.25, -0.2) is 4.79 Å². The molecule has 1 aliphatic rings. The molecule has 4 rings (SSSR count). The van der Waals surface area contributed by atoms with E-state index in [1.54, 1.807) is 11.3 Å². The minimum absolute atomic E-state index is 0.0140. The van der Waals surface area contributed by atoms with Crippen molar-refractivity contribution in [2.24, 2.45) is 0 Å². The number of fused-ring (bicyclic) bond motifs is 1. The van der Waals surface area contributed by atoms with Crippen LogP contribution in [0.1, 0.15) is 63.8 Å². The number of benzene rings is 2. The average molecular weight is 475 g/mol. The maximum atomic E-state index is 12.3. The van der Waals surface area contributed by atoms with Gasteiger partial charge in [0, 0.05) is 9.75 Å². The summed E-state index contributed by atoms with van der Waals surface area (Å²) in [7, 11) is 0. The topological polar surface area (TPSA) is 71.3 Å². The summed E-state index contributed by atoms with van der Waals surface area (Å²) in [5, 5.41) is 12.6. The summed E-state index contributed by atoms with van der Waals surface area (Å²) >= 11 is 1.70. The number of carbonyl (C=O) groups is 1. The molecule has 1 atom stereocenters. The number of nitrogens with zero attached hydrogens (tertiary/aromatic N) is 1. The predicted octanol–water partition coefficient (Wildman–Crippen LogP) is 7.25. The van der Waals surface area contributed by atoms with Gasteiger partial charge in [0.15, 0.2) is 0 Å². The zero-order valence-corrected chi connectivity index (χ0v) is 21.1. The summed E-state index contributed by atoms with van der Waals surface area (Å²) in [6.07, 6.45) is 1.39. The van der Waals surface area contributed by atoms with Crippen molar-refractivity contribution in [2.45, 2.75) is 65.2 Å². The molecule has 0 radical (unpaired) electrons. The Morgan fingerprint density at radius 2 is 1.91 bits per heavy atom. The van der Waals surface area contributed by atoms with Crippen molar-refractivity contribution in [1.29, 1.82) is 5.26 Å². The number of nitrogens with one attached hydrogen (secondary N) is 1. The molecule has 0 bridgehead atoms. The van der Waals surface area contributed by atoms with Gasteiger partial charge < -0.3 is 14.8 Å². The van der Waals surface area contributed by atoms with Gasteiger partial charge in [-0.15, -0.1) is 11.3 Å². The van der Waals surface area contributed by atoms with Crippen molar-refractivity contribution >= 4 is 17.4 Å². The number of ether oxygens (including phenoxy) is 2. The molecule has 0 fully saturated rings. The highest BCUT2D eigenvalue weighted by Crippen LogP contribution is 2.42. The molecule has 1 aromatic heterocycles. The van der Waals surface area contributed by atoms with Crippen LogP contribution in [0.25, 0.3) is 20.9 Å². The van der Waals surface area contributed by atoms with Gasteiger partial charge in [0.2, 0.25) is 0 Å². The number of nitriles is 1. The molecule has 176 valence electrons. The van der Waals surface area contributed by atoms with Crippen LogP contribution >= 0.6 is 11.3 Å². The Labute approximate surface area is 205 Å². The Kier molecular flexibility index (Phi) is 6.67. The van der Waals surface area contributed by atoms with Crippen molar-refractivity contribution in [3.8, 4) is 32.7 Å². The second-order valence-electron chi connectivity index (χ2n) is 9.76. The first-order chi connectivity index (χ1) is 16.1. The van der Waals surface area contributed by atoms with E-state index in [1.165, 1.54) is 16.0 Å². The molecule has 0 aliphatic heterocycles. The largest absolute Gasteiger partial charge is 0.490 e. The lowest BCUT2D eigenvalue weighted by molar-refractivity contribution is 0.0503. The van der Waals surface area contributed by atoms with Gasteiger partial charge in [0.25, 0.3) is 0 Å². The first-order valence-electron chi connectivity index (χ1n) is 11.6. The normalized spacial score (nSPS) is 15.0. The van der Waals surface area contributed by atoms with E-state index in [0.29, 0.717) is 11.3 Å². The summed E-state index contributed by atoms with van der Waals surface area (Å²) in [6.45, 7) is 9.50. The molecule has 2 aromatic carbocycles. The third kappa shape index (κ3) is 5.26. The standard InChI is InChI=1S/C28H30N2O3S/c1-17(2)32-24-12-9-18(15-19(24)16-29)25-13-14-26(34-25)22-8-6-7-21-20(22)10-11-23(21)30-27(31)33-28(3,4)5/h6-9,12-15,17,23H,10-11H2,1-5H3,(H,30,31)/t23-/m1/s1. The van der Waals surface area contributed by atoms with Crippen LogP contribution < -0.4 is 10.1 Å². The average Bonchev–Trinajstić information content (AvgIpc) is 3.40. The van der Waals surface area contributed by atoms with Crippen LogP contribution in [0, 0.1) is 11.3 Å². The van der Waals surface area contributed by atoms with E-state index in [2.05, 4.69) is 41.7 Å². The number of amides is 1. The summed E-state index contributed by atoms with van der Waals surface area (Å²) < 4.78 is 11.2. The molecule has 0 saturated carbocycles. The molecule has 1 heterocycles. The minimum atomic E-state index is -0.523. The van der Waals surface area contributed by atoms with E-state index in [-0.39, 0.29) is 18.2 Å². The number of rotatable bonds is 5. The Balaban J connectivity index is 1.58. The summed E-state index contributed by atoms with van der Waals surface area (Å²) in [4.78, 5) is 14.6. The van der Waals surface area contributed by atoms with Gasteiger partial charge in [0.05, 0.1) is 17.7 Å². The smallest absolute Gasteiger partial charge is 0.408 e. The van der Waals surface area contributed by atoms with Crippen LogP contribution in [-0.4, -0.2) is 17.8 Å². The van der Waals surface area contributed by atoms with Gasteiger partial charge >= 0.3 is 6.09 Å². The van der Waals surface area contributed by atoms with Crippen LogP contribution in [0.5, 0.6) is 5.75 Å². The lowest BCUT2D eigenvalue weighted by Gasteiger charge is -2.22. The van der Waals surface area contributed by atoms with Crippen molar-refractivity contribution in [2.75, 3.05) is 0 Å². The van der Waals surface area contributed by atoms with E-state index in [1.807, 2.05) is 52.8 Å². The second-order valence-corrected chi connectivity index (χ2v) is 10.8. The third-order valence-corrected chi connectivity index (χ3v) is 6.75. The Hall–Kier alpha value is -3.30. The molecule has 5 nitrogen and oxygen atoms in total. The monoisotopic (exact) mass is 474 g/mol. The van der Waals surface area contributed by atoms with Crippen molar-refractivity contribution in [3.63, 3.8) is 0 Å². The van der Waals surface area contributed by atoms with Gasteiger partial charge in [-0.05, 0) is 100 Å². The van der Waals surface area contributed by atoms with Gasteiger partial charge in [-0.2, -0.15) is 5.26 Å². The number of hydrogen-bond donors (Lipinski definition) is 1. The molecule has 34 heavy (non-hydrogen) atoms. The predicted molar refractivity (Wildman–Crippen MR) is 136 cm³/mol. The van der Waals surface area contributed by atoms with E-state index in [0.717, 1.165) is 28.8 Å². The molecule has 1 N–H and O–H groups in total. The fourth-order valence-electron chi connectivity index (χ4n) is 4.25. The fourth-order valence-corrected chi connectivity index (χ4v) is 5.31.